The zero-order valence-electron chi connectivity index (χ0n) is 11.8. The van der Waals surface area contributed by atoms with Crippen LogP contribution in [0.1, 0.15) is 40.0 Å². The zero-order valence-corrected chi connectivity index (χ0v) is 11.8. The number of carbonyl (C=O) groups excluding carboxylic acids is 2. The maximum atomic E-state index is 12.6. The summed E-state index contributed by atoms with van der Waals surface area (Å²) in [6.07, 6.45) is 1.58. The van der Waals surface area contributed by atoms with Gasteiger partial charge < -0.3 is 15.0 Å². The summed E-state index contributed by atoms with van der Waals surface area (Å²) < 4.78 is 5.21. The van der Waals surface area contributed by atoms with Gasteiger partial charge in [-0.1, -0.05) is 13.8 Å². The predicted molar refractivity (Wildman–Crippen MR) is 69.1 cm³/mol. The zero-order chi connectivity index (χ0) is 13.8. The molecule has 1 N–H and O–H groups in total. The molecule has 0 radical (unpaired) electrons. The molecule has 1 saturated heterocycles. The first-order valence-corrected chi connectivity index (χ1v) is 6.62. The molecule has 18 heavy (non-hydrogen) atoms. The van der Waals surface area contributed by atoms with Gasteiger partial charge in [0.2, 0.25) is 11.8 Å². The standard InChI is InChI=1S/C13H24N2O3/c1-5-13(6-2)12(17)15(9-10(3)18-4)8-7-11(16)14-13/h10H,5-9H2,1-4H3,(H,14,16). The second-order valence-electron chi connectivity index (χ2n) is 4.88. The largest absolute Gasteiger partial charge is 0.380 e. The van der Waals surface area contributed by atoms with Gasteiger partial charge in [-0.25, -0.2) is 0 Å². The van der Waals surface area contributed by atoms with Crippen molar-refractivity contribution in [3.63, 3.8) is 0 Å². The maximum Gasteiger partial charge on any atom is 0.248 e. The van der Waals surface area contributed by atoms with Crippen LogP contribution in [0.4, 0.5) is 0 Å². The fourth-order valence-corrected chi connectivity index (χ4v) is 2.31. The van der Waals surface area contributed by atoms with E-state index in [1.54, 1.807) is 12.0 Å². The third-order valence-electron chi connectivity index (χ3n) is 3.77. The Bertz CT molecular complexity index is 313. The number of nitrogens with one attached hydrogen (secondary N) is 1. The van der Waals surface area contributed by atoms with E-state index < -0.39 is 5.54 Å². The smallest absolute Gasteiger partial charge is 0.248 e. The van der Waals surface area contributed by atoms with Gasteiger partial charge in [0.15, 0.2) is 0 Å². The Labute approximate surface area is 109 Å². The molecule has 1 aliphatic heterocycles. The summed E-state index contributed by atoms with van der Waals surface area (Å²) in [5.74, 6) is -0.0260. The predicted octanol–water partition coefficient (Wildman–Crippen LogP) is 0.929. The molecule has 5 nitrogen and oxygen atoms in total. The van der Waals surface area contributed by atoms with Crippen LogP contribution in [0.15, 0.2) is 0 Å². The first kappa shape index (κ1) is 15.0. The Morgan fingerprint density at radius 2 is 2.00 bits per heavy atom. The van der Waals surface area contributed by atoms with E-state index in [4.69, 9.17) is 4.74 Å². The van der Waals surface area contributed by atoms with Crippen molar-refractivity contribution >= 4 is 11.8 Å². The number of carbonyl (C=O) groups is 2. The normalized spacial score (nSPS) is 21.4. The molecule has 0 aliphatic carbocycles. The van der Waals surface area contributed by atoms with Gasteiger partial charge in [0.1, 0.15) is 5.54 Å². The molecule has 1 rings (SSSR count). The van der Waals surface area contributed by atoms with Gasteiger partial charge in [0, 0.05) is 26.6 Å². The van der Waals surface area contributed by atoms with Crippen LogP contribution in [0.3, 0.4) is 0 Å². The van der Waals surface area contributed by atoms with Crippen LogP contribution < -0.4 is 5.32 Å². The number of methoxy groups -OCH3 is 1. The highest BCUT2D eigenvalue weighted by molar-refractivity contribution is 5.93. The average Bonchev–Trinajstić information content (AvgIpc) is 2.50. The maximum absolute atomic E-state index is 12.6. The molecule has 1 unspecified atom stereocenters. The van der Waals surface area contributed by atoms with E-state index in [1.807, 2.05) is 20.8 Å². The SMILES string of the molecule is CCC1(CC)NC(=O)CCN(CC(C)OC)C1=O. The minimum atomic E-state index is -0.735. The lowest BCUT2D eigenvalue weighted by Gasteiger charge is -2.34. The van der Waals surface area contributed by atoms with Crippen LogP contribution >= 0.6 is 0 Å². The molecule has 1 heterocycles. The number of ether oxygens (including phenoxy) is 1. The molecule has 5 heteroatoms. The van der Waals surface area contributed by atoms with Crippen LogP contribution in [0.5, 0.6) is 0 Å². The molecule has 0 aromatic heterocycles. The third-order valence-corrected chi connectivity index (χ3v) is 3.77. The van der Waals surface area contributed by atoms with Crippen molar-refractivity contribution in [3.05, 3.63) is 0 Å². The summed E-state index contributed by atoms with van der Waals surface area (Å²) in [4.78, 5) is 26.1. The van der Waals surface area contributed by atoms with Crippen molar-refractivity contribution in [1.82, 2.24) is 10.2 Å². The summed E-state index contributed by atoms with van der Waals surface area (Å²) in [6.45, 7) is 6.80. The second-order valence-corrected chi connectivity index (χ2v) is 4.88. The summed E-state index contributed by atoms with van der Waals surface area (Å²) in [7, 11) is 1.63. The van der Waals surface area contributed by atoms with Crippen LogP contribution in [0.2, 0.25) is 0 Å². The first-order valence-electron chi connectivity index (χ1n) is 6.62. The molecule has 1 fully saturated rings. The Morgan fingerprint density at radius 3 is 2.50 bits per heavy atom. The third kappa shape index (κ3) is 3.02. The number of hydrogen-bond donors (Lipinski definition) is 1. The Kier molecular flexibility index (Phi) is 5.14. The van der Waals surface area contributed by atoms with Crippen molar-refractivity contribution in [2.24, 2.45) is 0 Å². The van der Waals surface area contributed by atoms with Crippen LogP contribution in [-0.4, -0.2) is 48.6 Å². The van der Waals surface area contributed by atoms with Crippen molar-refractivity contribution in [2.75, 3.05) is 20.2 Å². The summed E-state index contributed by atoms with van der Waals surface area (Å²) in [6, 6.07) is 0. The van der Waals surface area contributed by atoms with E-state index in [0.717, 1.165) is 0 Å². The van der Waals surface area contributed by atoms with E-state index in [-0.39, 0.29) is 17.9 Å². The highest BCUT2D eigenvalue weighted by Gasteiger charge is 2.41. The topological polar surface area (TPSA) is 58.6 Å². The second kappa shape index (κ2) is 6.18. The highest BCUT2D eigenvalue weighted by atomic mass is 16.5. The fourth-order valence-electron chi connectivity index (χ4n) is 2.31. The van der Waals surface area contributed by atoms with Crippen molar-refractivity contribution in [1.29, 1.82) is 0 Å². The molecule has 2 amide bonds. The van der Waals surface area contributed by atoms with Gasteiger partial charge in [-0.3, -0.25) is 9.59 Å². The van der Waals surface area contributed by atoms with Crippen molar-refractivity contribution in [3.8, 4) is 0 Å². The Hall–Kier alpha value is -1.10. The van der Waals surface area contributed by atoms with E-state index in [1.165, 1.54) is 0 Å². The lowest BCUT2D eigenvalue weighted by atomic mass is 9.91. The quantitative estimate of drug-likeness (QED) is 0.796. The van der Waals surface area contributed by atoms with Gasteiger partial charge in [-0.05, 0) is 19.8 Å². The average molecular weight is 256 g/mol. The van der Waals surface area contributed by atoms with Gasteiger partial charge >= 0.3 is 0 Å². The van der Waals surface area contributed by atoms with Crippen LogP contribution in [0, 0.1) is 0 Å². The molecular formula is C13H24N2O3. The summed E-state index contributed by atoms with van der Waals surface area (Å²) in [5.41, 5.74) is -0.735. The molecule has 1 aliphatic rings. The van der Waals surface area contributed by atoms with Crippen LogP contribution in [0.25, 0.3) is 0 Å². The molecule has 1 atom stereocenters. The Balaban J connectivity index is 2.92. The minimum absolute atomic E-state index is 0.0160. The van der Waals surface area contributed by atoms with E-state index in [0.29, 0.717) is 32.4 Å². The summed E-state index contributed by atoms with van der Waals surface area (Å²) >= 11 is 0. The van der Waals surface area contributed by atoms with Gasteiger partial charge in [-0.15, -0.1) is 0 Å². The van der Waals surface area contributed by atoms with Gasteiger partial charge in [0.25, 0.3) is 0 Å². The molecular weight excluding hydrogens is 232 g/mol. The molecule has 0 aromatic rings. The summed E-state index contributed by atoms with van der Waals surface area (Å²) in [5, 5.41) is 2.89. The molecule has 0 bridgehead atoms. The van der Waals surface area contributed by atoms with E-state index in [2.05, 4.69) is 5.32 Å². The van der Waals surface area contributed by atoms with E-state index >= 15 is 0 Å². The molecule has 104 valence electrons. The van der Waals surface area contributed by atoms with Crippen LogP contribution in [-0.2, 0) is 14.3 Å². The fraction of sp³-hybridized carbons (Fsp3) is 0.846. The van der Waals surface area contributed by atoms with E-state index in [9.17, 15) is 9.59 Å². The van der Waals surface area contributed by atoms with Gasteiger partial charge in [-0.2, -0.15) is 0 Å². The molecule has 0 aromatic carbocycles. The number of nitrogens with zero attached hydrogens (tertiary/aromatic N) is 1. The first-order chi connectivity index (χ1) is 8.49. The monoisotopic (exact) mass is 256 g/mol. The van der Waals surface area contributed by atoms with Gasteiger partial charge in [0.05, 0.1) is 6.10 Å². The molecule has 0 saturated carbocycles. The number of amides is 2. The lowest BCUT2D eigenvalue weighted by molar-refractivity contribution is -0.140. The lowest BCUT2D eigenvalue weighted by Crippen LogP contribution is -2.57. The number of rotatable bonds is 5. The molecule has 0 spiro atoms. The van der Waals surface area contributed by atoms with Crippen molar-refractivity contribution < 1.29 is 14.3 Å². The number of hydrogen-bond acceptors (Lipinski definition) is 3. The highest BCUT2D eigenvalue weighted by Crippen LogP contribution is 2.22. The minimum Gasteiger partial charge on any atom is -0.380 e. The van der Waals surface area contributed by atoms with Crippen molar-refractivity contribution in [2.45, 2.75) is 51.7 Å². The Morgan fingerprint density at radius 1 is 1.39 bits per heavy atom.